The first-order valence-corrected chi connectivity index (χ1v) is 9.15. The Morgan fingerprint density at radius 3 is 2.88 bits per heavy atom. The van der Waals surface area contributed by atoms with Crippen LogP contribution < -0.4 is 5.32 Å². The zero-order chi connectivity index (χ0) is 16.9. The van der Waals surface area contributed by atoms with Gasteiger partial charge in [-0.3, -0.25) is 0 Å². The van der Waals surface area contributed by atoms with Gasteiger partial charge in [-0.15, -0.1) is 5.10 Å². The molecule has 0 bridgehead atoms. The number of rotatable bonds is 4. The summed E-state index contributed by atoms with van der Waals surface area (Å²) in [7, 11) is 0. The van der Waals surface area contributed by atoms with E-state index in [9.17, 15) is 0 Å². The first-order chi connectivity index (χ1) is 11.5. The molecule has 1 aromatic carbocycles. The van der Waals surface area contributed by atoms with Gasteiger partial charge in [-0.25, -0.2) is 4.68 Å². The van der Waals surface area contributed by atoms with Crippen LogP contribution in [0.2, 0.25) is 10.0 Å². The van der Waals surface area contributed by atoms with Crippen LogP contribution in [-0.4, -0.2) is 33.3 Å². The van der Waals surface area contributed by atoms with Crippen LogP contribution in [0.3, 0.4) is 0 Å². The van der Waals surface area contributed by atoms with Crippen molar-refractivity contribution in [2.24, 2.45) is 5.41 Å². The number of piperidine rings is 1. The second-order valence-corrected chi connectivity index (χ2v) is 8.26. The number of tetrazole rings is 1. The summed E-state index contributed by atoms with van der Waals surface area (Å²) in [6.07, 6.45) is 2.23. The Bertz CT molecular complexity index is 774. The van der Waals surface area contributed by atoms with E-state index in [1.54, 1.807) is 0 Å². The molecule has 0 unspecified atom stereocenters. The Morgan fingerprint density at radius 1 is 1.29 bits per heavy atom. The van der Waals surface area contributed by atoms with Gasteiger partial charge in [0, 0.05) is 23.3 Å². The van der Waals surface area contributed by atoms with Crippen molar-refractivity contribution in [3.8, 4) is 0 Å². The molecule has 2 aliphatic rings. The summed E-state index contributed by atoms with van der Waals surface area (Å²) >= 11 is 12.4. The fourth-order valence-corrected chi connectivity index (χ4v) is 4.68. The van der Waals surface area contributed by atoms with Crippen LogP contribution in [0.1, 0.15) is 44.0 Å². The van der Waals surface area contributed by atoms with E-state index < -0.39 is 0 Å². The van der Waals surface area contributed by atoms with Crippen LogP contribution in [0.4, 0.5) is 0 Å². The van der Waals surface area contributed by atoms with Gasteiger partial charge in [0.05, 0.1) is 16.6 Å². The lowest BCUT2D eigenvalue weighted by atomic mass is 9.81. The monoisotopic (exact) mass is 365 g/mol. The lowest BCUT2D eigenvalue weighted by Gasteiger charge is -2.32. The maximum atomic E-state index is 6.28. The van der Waals surface area contributed by atoms with Crippen molar-refractivity contribution >= 4 is 23.2 Å². The number of hydrogen-bond donors (Lipinski definition) is 1. The molecule has 1 aliphatic carbocycles. The van der Waals surface area contributed by atoms with E-state index in [0.717, 1.165) is 38.3 Å². The molecule has 2 heterocycles. The number of fused-ring (bicyclic) bond motifs is 1. The molecule has 1 saturated carbocycles. The van der Waals surface area contributed by atoms with Gasteiger partial charge in [-0.2, -0.15) is 0 Å². The van der Waals surface area contributed by atoms with Gasteiger partial charge in [-0.1, -0.05) is 43.1 Å². The molecule has 1 aromatic heterocycles. The molecule has 1 saturated heterocycles. The van der Waals surface area contributed by atoms with E-state index in [0.29, 0.717) is 16.0 Å². The third-order valence-electron chi connectivity index (χ3n) is 5.72. The van der Waals surface area contributed by atoms with Crippen LogP contribution in [0, 0.1) is 5.41 Å². The summed E-state index contributed by atoms with van der Waals surface area (Å²) in [5.41, 5.74) is 1.58. The summed E-state index contributed by atoms with van der Waals surface area (Å²) in [6.45, 7) is 7.08. The summed E-state index contributed by atoms with van der Waals surface area (Å²) in [5.74, 6) is 1.26. The second-order valence-electron chi connectivity index (χ2n) is 7.44. The van der Waals surface area contributed by atoms with Crippen molar-refractivity contribution in [3.63, 3.8) is 0 Å². The summed E-state index contributed by atoms with van der Waals surface area (Å²) in [4.78, 5) is 0. The molecule has 1 aliphatic heterocycles. The van der Waals surface area contributed by atoms with Crippen LogP contribution in [-0.2, 0) is 12.0 Å². The van der Waals surface area contributed by atoms with Crippen molar-refractivity contribution < 1.29 is 0 Å². The van der Waals surface area contributed by atoms with Gasteiger partial charge in [0.25, 0.3) is 0 Å². The predicted octanol–water partition coefficient (Wildman–Crippen LogP) is 3.42. The standard InChI is InChI=1S/C17H21Cl2N5/c1-11(2)15-21-22-23-24(15)10-16-8-17(16,5-6-20-9-16)12-3-4-13(18)14(19)7-12/h3-4,7,11,20H,5-6,8-10H2,1-2H3/t16-,17-/m1/s1. The van der Waals surface area contributed by atoms with E-state index in [-0.39, 0.29) is 10.8 Å². The van der Waals surface area contributed by atoms with E-state index in [2.05, 4.69) is 40.8 Å². The second kappa shape index (κ2) is 5.68. The minimum atomic E-state index is 0.140. The van der Waals surface area contributed by atoms with Crippen LogP contribution in [0.5, 0.6) is 0 Å². The van der Waals surface area contributed by atoms with Gasteiger partial charge < -0.3 is 5.32 Å². The lowest BCUT2D eigenvalue weighted by Crippen LogP contribution is -2.41. The average molecular weight is 366 g/mol. The normalized spacial score (nSPS) is 28.9. The first kappa shape index (κ1) is 16.3. The third-order valence-corrected chi connectivity index (χ3v) is 6.46. The van der Waals surface area contributed by atoms with Crippen LogP contribution in [0.25, 0.3) is 0 Å². The van der Waals surface area contributed by atoms with Crippen molar-refractivity contribution in [3.05, 3.63) is 39.6 Å². The fourth-order valence-electron chi connectivity index (χ4n) is 4.38. The molecule has 128 valence electrons. The Balaban J connectivity index is 1.69. The Kier molecular flexibility index (Phi) is 3.86. The molecular weight excluding hydrogens is 345 g/mol. The average Bonchev–Trinajstić information content (AvgIpc) is 3.01. The van der Waals surface area contributed by atoms with Gasteiger partial charge in [0.15, 0.2) is 5.82 Å². The summed E-state index contributed by atoms with van der Waals surface area (Å²) < 4.78 is 1.98. The van der Waals surface area contributed by atoms with Gasteiger partial charge in [-0.05, 0) is 47.5 Å². The highest BCUT2D eigenvalue weighted by molar-refractivity contribution is 6.42. The number of benzene rings is 1. The smallest absolute Gasteiger partial charge is 0.153 e. The van der Waals surface area contributed by atoms with Gasteiger partial charge in [0.1, 0.15) is 0 Å². The first-order valence-electron chi connectivity index (χ1n) is 8.40. The molecule has 4 rings (SSSR count). The molecule has 2 atom stereocenters. The highest BCUT2D eigenvalue weighted by Crippen LogP contribution is 2.68. The maximum Gasteiger partial charge on any atom is 0.153 e. The van der Waals surface area contributed by atoms with E-state index in [1.165, 1.54) is 5.56 Å². The number of hydrogen-bond acceptors (Lipinski definition) is 4. The fraction of sp³-hybridized carbons (Fsp3) is 0.588. The molecule has 0 spiro atoms. The number of nitrogens with zero attached hydrogens (tertiary/aromatic N) is 4. The quantitative estimate of drug-likeness (QED) is 0.901. The van der Waals surface area contributed by atoms with Gasteiger partial charge in [0.2, 0.25) is 0 Å². The van der Waals surface area contributed by atoms with Crippen LogP contribution in [0.15, 0.2) is 18.2 Å². The molecule has 2 aromatic rings. The molecule has 24 heavy (non-hydrogen) atoms. The minimum absolute atomic E-state index is 0.140. The zero-order valence-electron chi connectivity index (χ0n) is 13.9. The molecule has 7 heteroatoms. The largest absolute Gasteiger partial charge is 0.316 e. The number of nitrogens with one attached hydrogen (secondary N) is 1. The highest BCUT2D eigenvalue weighted by Gasteiger charge is 2.68. The van der Waals surface area contributed by atoms with E-state index in [1.807, 2.05) is 16.8 Å². The molecule has 5 nitrogen and oxygen atoms in total. The summed E-state index contributed by atoms with van der Waals surface area (Å²) in [5, 5.41) is 17.1. The lowest BCUT2D eigenvalue weighted by molar-refractivity contribution is 0.269. The van der Waals surface area contributed by atoms with Crippen molar-refractivity contribution in [1.82, 2.24) is 25.5 Å². The SMILES string of the molecule is CC(C)c1nnnn1C[C@@]12CNCC[C@]1(c1ccc(Cl)c(Cl)c1)C2. The molecule has 2 fully saturated rings. The maximum absolute atomic E-state index is 6.28. The Hall–Kier alpha value is -1.17. The predicted molar refractivity (Wildman–Crippen MR) is 94.6 cm³/mol. The van der Waals surface area contributed by atoms with Gasteiger partial charge >= 0.3 is 0 Å². The molecule has 1 N–H and O–H groups in total. The van der Waals surface area contributed by atoms with Crippen LogP contribution >= 0.6 is 23.2 Å². The van der Waals surface area contributed by atoms with E-state index in [4.69, 9.17) is 23.2 Å². The van der Waals surface area contributed by atoms with E-state index >= 15 is 0 Å². The minimum Gasteiger partial charge on any atom is -0.316 e. The number of halogens is 2. The Morgan fingerprint density at radius 2 is 2.12 bits per heavy atom. The highest BCUT2D eigenvalue weighted by atomic mass is 35.5. The molecular formula is C17H21Cl2N5. The summed E-state index contributed by atoms with van der Waals surface area (Å²) in [6, 6.07) is 6.08. The zero-order valence-corrected chi connectivity index (χ0v) is 15.4. The topological polar surface area (TPSA) is 55.6 Å². The van der Waals surface area contributed by atoms with Crippen molar-refractivity contribution in [1.29, 1.82) is 0 Å². The number of aromatic nitrogens is 4. The van der Waals surface area contributed by atoms with Crippen molar-refractivity contribution in [2.75, 3.05) is 13.1 Å². The molecule has 0 radical (unpaired) electrons. The van der Waals surface area contributed by atoms with Crippen molar-refractivity contribution in [2.45, 2.75) is 44.6 Å². The molecule has 0 amide bonds. The Labute approximate surface area is 151 Å². The third kappa shape index (κ3) is 2.37.